The van der Waals surface area contributed by atoms with Crippen LogP contribution in [0.15, 0.2) is 23.1 Å². The summed E-state index contributed by atoms with van der Waals surface area (Å²) in [6.45, 7) is 0.0860. The Morgan fingerprint density at radius 2 is 2.29 bits per heavy atom. The highest BCUT2D eigenvalue weighted by molar-refractivity contribution is 7.99. The van der Waals surface area contributed by atoms with Crippen LogP contribution in [0.1, 0.15) is 18.4 Å². The smallest absolute Gasteiger partial charge is 0.242 e. The molecule has 4 nitrogen and oxygen atoms in total. The van der Waals surface area contributed by atoms with E-state index in [9.17, 15) is 12.8 Å². The average molecular weight is 328 g/mol. The van der Waals surface area contributed by atoms with Gasteiger partial charge in [-0.2, -0.15) is 11.8 Å². The fraction of sp³-hybridized carbons (Fsp3) is 0.429. The van der Waals surface area contributed by atoms with E-state index in [1.807, 2.05) is 0 Å². The Hall–Kier alpha value is -1.07. The van der Waals surface area contributed by atoms with E-state index in [0.717, 1.165) is 36.5 Å². The zero-order valence-corrected chi connectivity index (χ0v) is 13.1. The molecule has 1 heterocycles. The van der Waals surface area contributed by atoms with Crippen molar-refractivity contribution >= 4 is 21.8 Å². The molecule has 1 aliphatic heterocycles. The predicted octanol–water partition coefficient (Wildman–Crippen LogP) is 1.31. The maximum atomic E-state index is 13.3. The minimum atomic E-state index is -3.71. The second-order valence-corrected chi connectivity index (χ2v) is 7.51. The molecule has 1 unspecified atom stereocenters. The zero-order valence-electron chi connectivity index (χ0n) is 11.4. The summed E-state index contributed by atoms with van der Waals surface area (Å²) >= 11 is 1.73. The van der Waals surface area contributed by atoms with Crippen LogP contribution in [0.4, 0.5) is 4.39 Å². The van der Waals surface area contributed by atoms with Gasteiger partial charge in [0.25, 0.3) is 0 Å². The van der Waals surface area contributed by atoms with E-state index in [-0.39, 0.29) is 23.0 Å². The van der Waals surface area contributed by atoms with Crippen LogP contribution in [0.2, 0.25) is 0 Å². The van der Waals surface area contributed by atoms with Gasteiger partial charge in [0.15, 0.2) is 0 Å². The first kappa shape index (κ1) is 16.3. The Balaban J connectivity index is 2.30. The lowest BCUT2D eigenvalue weighted by atomic mass is 10.2. The van der Waals surface area contributed by atoms with Crippen molar-refractivity contribution in [2.45, 2.75) is 23.8 Å². The number of halogens is 1. The molecule has 0 saturated carbocycles. The van der Waals surface area contributed by atoms with Crippen LogP contribution in [0.25, 0.3) is 0 Å². The van der Waals surface area contributed by atoms with Crippen LogP contribution in [-0.4, -0.2) is 32.5 Å². The molecule has 114 valence electrons. The highest BCUT2D eigenvalue weighted by atomic mass is 32.2. The first-order chi connectivity index (χ1) is 10.0. The molecule has 0 amide bonds. The Kier molecular flexibility index (Phi) is 5.65. The molecule has 1 aromatic carbocycles. The van der Waals surface area contributed by atoms with E-state index in [4.69, 9.17) is 5.73 Å². The molecular weight excluding hydrogens is 311 g/mol. The summed E-state index contributed by atoms with van der Waals surface area (Å²) in [7, 11) is -3.71. The Morgan fingerprint density at radius 3 is 2.95 bits per heavy atom. The number of nitrogens with two attached hydrogens (primary N) is 1. The molecule has 1 saturated heterocycles. The highest BCUT2D eigenvalue weighted by Gasteiger charge is 2.24. The van der Waals surface area contributed by atoms with Gasteiger partial charge in [0.05, 0.1) is 11.4 Å². The molecule has 1 fully saturated rings. The largest absolute Gasteiger partial charge is 0.320 e. The van der Waals surface area contributed by atoms with Crippen LogP contribution in [0.5, 0.6) is 0 Å². The maximum Gasteiger partial charge on any atom is 0.242 e. The molecule has 1 aromatic rings. The van der Waals surface area contributed by atoms with Crippen molar-refractivity contribution in [1.82, 2.24) is 4.72 Å². The number of rotatable bonds is 3. The number of benzene rings is 1. The van der Waals surface area contributed by atoms with Gasteiger partial charge in [0, 0.05) is 17.4 Å². The molecule has 0 aliphatic carbocycles. The second kappa shape index (κ2) is 7.27. The van der Waals surface area contributed by atoms with Gasteiger partial charge < -0.3 is 5.73 Å². The molecule has 3 N–H and O–H groups in total. The molecule has 1 atom stereocenters. The van der Waals surface area contributed by atoms with Crippen LogP contribution in [0.3, 0.4) is 0 Å². The summed E-state index contributed by atoms with van der Waals surface area (Å²) in [6.07, 6.45) is 1.80. The lowest BCUT2D eigenvalue weighted by molar-refractivity contribution is 0.542. The van der Waals surface area contributed by atoms with Crippen molar-refractivity contribution in [1.29, 1.82) is 0 Å². The summed E-state index contributed by atoms with van der Waals surface area (Å²) < 4.78 is 40.9. The number of thioether (sulfide) groups is 1. The second-order valence-electron chi connectivity index (χ2n) is 4.68. The lowest BCUT2D eigenvalue weighted by Gasteiger charge is -2.22. The van der Waals surface area contributed by atoms with Crippen molar-refractivity contribution in [3.63, 3.8) is 0 Å². The van der Waals surface area contributed by atoms with Crippen LogP contribution >= 0.6 is 11.8 Å². The number of hydrogen-bond donors (Lipinski definition) is 2. The molecule has 0 aromatic heterocycles. The predicted molar refractivity (Wildman–Crippen MR) is 83.0 cm³/mol. The normalized spacial score (nSPS) is 18.9. The van der Waals surface area contributed by atoms with E-state index >= 15 is 0 Å². The summed E-state index contributed by atoms with van der Waals surface area (Å²) in [5.41, 5.74) is 5.42. The Bertz CT molecular complexity index is 659. The quantitative estimate of drug-likeness (QED) is 0.821. The molecule has 7 heteroatoms. The van der Waals surface area contributed by atoms with Crippen molar-refractivity contribution in [2.75, 3.05) is 18.1 Å². The number of sulfonamides is 1. The van der Waals surface area contributed by atoms with Gasteiger partial charge in [0.2, 0.25) is 10.0 Å². The van der Waals surface area contributed by atoms with Crippen LogP contribution in [-0.2, 0) is 10.0 Å². The zero-order chi connectivity index (χ0) is 15.3. The molecular formula is C14H17FN2O2S2. The third-order valence-corrected chi connectivity index (χ3v) is 5.83. The minimum Gasteiger partial charge on any atom is -0.320 e. The Morgan fingerprint density at radius 1 is 1.48 bits per heavy atom. The van der Waals surface area contributed by atoms with Crippen molar-refractivity contribution in [2.24, 2.45) is 5.73 Å². The van der Waals surface area contributed by atoms with Crippen LogP contribution in [0, 0.1) is 17.7 Å². The van der Waals surface area contributed by atoms with E-state index in [0.29, 0.717) is 0 Å². The first-order valence-corrected chi connectivity index (χ1v) is 9.25. The minimum absolute atomic E-state index is 0.000392. The summed E-state index contributed by atoms with van der Waals surface area (Å²) in [6, 6.07) is 3.40. The summed E-state index contributed by atoms with van der Waals surface area (Å²) in [5.74, 6) is 6.47. The van der Waals surface area contributed by atoms with E-state index < -0.39 is 15.8 Å². The van der Waals surface area contributed by atoms with Gasteiger partial charge in [-0.1, -0.05) is 11.8 Å². The number of hydrogen-bond acceptors (Lipinski definition) is 4. The van der Waals surface area contributed by atoms with Gasteiger partial charge >= 0.3 is 0 Å². The Labute approximate surface area is 128 Å². The van der Waals surface area contributed by atoms with Gasteiger partial charge in [-0.15, -0.1) is 0 Å². The summed E-state index contributed by atoms with van der Waals surface area (Å²) in [5, 5.41) is 0. The van der Waals surface area contributed by atoms with Gasteiger partial charge in [-0.25, -0.2) is 17.5 Å². The average Bonchev–Trinajstić information content (AvgIpc) is 2.45. The number of nitrogens with one attached hydrogen (secondary N) is 1. The fourth-order valence-corrected chi connectivity index (χ4v) is 4.69. The van der Waals surface area contributed by atoms with Gasteiger partial charge in [-0.3, -0.25) is 0 Å². The highest BCUT2D eigenvalue weighted by Crippen LogP contribution is 2.21. The molecule has 0 bridgehead atoms. The lowest BCUT2D eigenvalue weighted by Crippen LogP contribution is -2.38. The molecule has 0 radical (unpaired) electrons. The monoisotopic (exact) mass is 328 g/mol. The van der Waals surface area contributed by atoms with E-state index in [1.54, 1.807) is 11.8 Å². The van der Waals surface area contributed by atoms with E-state index in [2.05, 4.69) is 16.6 Å². The molecule has 1 aliphatic rings. The SMILES string of the molecule is NCC#Cc1cc(F)ccc1S(=O)(=O)NC1CCCSC1. The van der Waals surface area contributed by atoms with Crippen molar-refractivity contribution in [3.8, 4) is 11.8 Å². The van der Waals surface area contributed by atoms with Crippen molar-refractivity contribution < 1.29 is 12.8 Å². The van der Waals surface area contributed by atoms with Gasteiger partial charge in [-0.05, 0) is 36.8 Å². The standard InChI is InChI=1S/C14H17FN2O2S2/c15-12-5-6-14(11(9-12)3-1-7-16)21(18,19)17-13-4-2-8-20-10-13/h5-6,9,13,17H,2,4,7-8,10,16H2. The molecule has 0 spiro atoms. The first-order valence-electron chi connectivity index (χ1n) is 6.61. The van der Waals surface area contributed by atoms with Crippen LogP contribution < -0.4 is 10.5 Å². The maximum absolute atomic E-state index is 13.3. The van der Waals surface area contributed by atoms with Crippen molar-refractivity contribution in [3.05, 3.63) is 29.6 Å². The van der Waals surface area contributed by atoms with Gasteiger partial charge in [0.1, 0.15) is 5.82 Å². The fourth-order valence-electron chi connectivity index (χ4n) is 2.10. The third-order valence-electron chi connectivity index (χ3n) is 3.04. The topological polar surface area (TPSA) is 72.2 Å². The molecule has 2 rings (SSSR count). The summed E-state index contributed by atoms with van der Waals surface area (Å²) in [4.78, 5) is 0.000392. The molecule has 21 heavy (non-hydrogen) atoms. The third kappa shape index (κ3) is 4.45. The van der Waals surface area contributed by atoms with E-state index in [1.165, 1.54) is 6.07 Å².